The second kappa shape index (κ2) is 6.72. The number of nitrogens with one attached hydrogen (secondary N) is 1. The Morgan fingerprint density at radius 2 is 2.17 bits per heavy atom. The molecule has 0 radical (unpaired) electrons. The minimum atomic E-state index is 0.0535. The Morgan fingerprint density at radius 3 is 2.83 bits per heavy atom. The molecular formula is C15H16ClN3OS3. The van der Waals surface area contributed by atoms with Crippen LogP contribution in [0.1, 0.15) is 22.5 Å². The maximum Gasteiger partial charge on any atom is 0.261 e. The van der Waals surface area contributed by atoms with Gasteiger partial charge in [-0.1, -0.05) is 22.9 Å². The molecule has 1 atom stereocenters. The number of halogens is 1. The first kappa shape index (κ1) is 15.9. The zero-order valence-corrected chi connectivity index (χ0v) is 15.5. The number of rotatable bonds is 4. The minimum absolute atomic E-state index is 0.0535. The standard InChI is InChI=1S/C15H16ClN3OS3/c16-12-7-17-15(22-12)23-13-2-1-11(21-13)14(20)18-10-8-19-5-3-9(10)4-6-19/h1-2,7,9-10H,3-6,8H2,(H,18,20). The third kappa shape index (κ3) is 3.58. The lowest BCUT2D eigenvalue weighted by molar-refractivity contribution is 0.0622. The molecule has 3 saturated heterocycles. The van der Waals surface area contributed by atoms with E-state index in [1.165, 1.54) is 48.6 Å². The highest BCUT2D eigenvalue weighted by Crippen LogP contribution is 2.37. The lowest BCUT2D eigenvalue weighted by atomic mass is 9.84. The molecule has 122 valence electrons. The molecule has 1 amide bonds. The number of nitrogens with zero attached hydrogens (tertiary/aromatic N) is 2. The highest BCUT2D eigenvalue weighted by Gasteiger charge is 2.35. The highest BCUT2D eigenvalue weighted by atomic mass is 35.5. The lowest BCUT2D eigenvalue weighted by Gasteiger charge is -2.44. The van der Waals surface area contributed by atoms with E-state index in [1.54, 1.807) is 18.0 Å². The summed E-state index contributed by atoms with van der Waals surface area (Å²) in [4.78, 5) is 20.0. The summed E-state index contributed by atoms with van der Waals surface area (Å²) in [5.74, 6) is 0.702. The molecule has 4 nitrogen and oxygen atoms in total. The van der Waals surface area contributed by atoms with Gasteiger partial charge in [-0.3, -0.25) is 4.79 Å². The van der Waals surface area contributed by atoms with E-state index in [0.29, 0.717) is 16.3 Å². The quantitative estimate of drug-likeness (QED) is 0.868. The smallest absolute Gasteiger partial charge is 0.261 e. The van der Waals surface area contributed by atoms with Crippen LogP contribution in [-0.2, 0) is 0 Å². The van der Waals surface area contributed by atoms with Crippen molar-refractivity contribution in [3.8, 4) is 0 Å². The van der Waals surface area contributed by atoms with Gasteiger partial charge in [0.1, 0.15) is 4.34 Å². The summed E-state index contributed by atoms with van der Waals surface area (Å²) in [5, 5.41) is 3.23. The second-order valence-electron chi connectivity index (χ2n) is 5.87. The number of thiazole rings is 1. The third-order valence-electron chi connectivity index (χ3n) is 4.42. The van der Waals surface area contributed by atoms with Crippen LogP contribution in [0.5, 0.6) is 0 Å². The average molecular weight is 386 g/mol. The van der Waals surface area contributed by atoms with Gasteiger partial charge in [-0.2, -0.15) is 0 Å². The number of carbonyl (C=O) groups is 1. The van der Waals surface area contributed by atoms with Crippen molar-refractivity contribution in [2.24, 2.45) is 5.92 Å². The summed E-state index contributed by atoms with van der Waals surface area (Å²) in [7, 11) is 0. The minimum Gasteiger partial charge on any atom is -0.347 e. The normalized spacial score (nSPS) is 26.4. The maximum absolute atomic E-state index is 12.5. The molecule has 0 aliphatic carbocycles. The molecular weight excluding hydrogens is 370 g/mol. The topological polar surface area (TPSA) is 45.2 Å². The fourth-order valence-corrected chi connectivity index (χ4v) is 6.61. The van der Waals surface area contributed by atoms with Gasteiger partial charge in [0.2, 0.25) is 0 Å². The Bertz CT molecular complexity index is 708. The van der Waals surface area contributed by atoms with Gasteiger partial charge < -0.3 is 10.2 Å². The third-order valence-corrected chi connectivity index (χ3v) is 7.83. The van der Waals surface area contributed by atoms with Crippen molar-refractivity contribution in [3.05, 3.63) is 27.5 Å². The number of carbonyl (C=O) groups excluding carboxylic acids is 1. The van der Waals surface area contributed by atoms with Crippen molar-refractivity contribution in [2.75, 3.05) is 19.6 Å². The van der Waals surface area contributed by atoms with Crippen molar-refractivity contribution in [1.82, 2.24) is 15.2 Å². The van der Waals surface area contributed by atoms with E-state index in [2.05, 4.69) is 15.2 Å². The Labute approximate surface area is 152 Å². The number of aromatic nitrogens is 1. The van der Waals surface area contributed by atoms with Crippen LogP contribution in [-0.4, -0.2) is 41.5 Å². The Balaban J connectivity index is 1.39. The predicted octanol–water partition coefficient (Wildman–Crippen LogP) is 3.83. The van der Waals surface area contributed by atoms with E-state index in [1.807, 2.05) is 12.1 Å². The van der Waals surface area contributed by atoms with Gasteiger partial charge in [-0.05, 0) is 55.7 Å². The summed E-state index contributed by atoms with van der Waals surface area (Å²) in [6.07, 6.45) is 4.08. The molecule has 2 bridgehead atoms. The molecule has 1 unspecified atom stereocenters. The highest BCUT2D eigenvalue weighted by molar-refractivity contribution is 8.02. The van der Waals surface area contributed by atoms with Crippen LogP contribution in [0.3, 0.4) is 0 Å². The van der Waals surface area contributed by atoms with Gasteiger partial charge in [0.05, 0.1) is 15.3 Å². The van der Waals surface area contributed by atoms with E-state index >= 15 is 0 Å². The molecule has 5 rings (SSSR count). The van der Waals surface area contributed by atoms with Crippen LogP contribution >= 0.6 is 46.0 Å². The van der Waals surface area contributed by atoms with Crippen molar-refractivity contribution in [1.29, 1.82) is 0 Å². The number of thiophene rings is 1. The molecule has 0 aromatic carbocycles. The second-order valence-corrected chi connectivity index (χ2v) is 10.2. The summed E-state index contributed by atoms with van der Waals surface area (Å²) in [6, 6.07) is 4.19. The largest absolute Gasteiger partial charge is 0.347 e. The Morgan fingerprint density at radius 1 is 1.35 bits per heavy atom. The fourth-order valence-electron chi connectivity index (χ4n) is 3.24. The molecule has 3 aliphatic rings. The average Bonchev–Trinajstić information content (AvgIpc) is 3.18. The molecule has 3 aliphatic heterocycles. The first-order chi connectivity index (χ1) is 11.2. The van der Waals surface area contributed by atoms with E-state index in [0.717, 1.165) is 20.0 Å². The molecule has 2 aromatic rings. The molecule has 0 spiro atoms. The Kier molecular flexibility index (Phi) is 4.65. The zero-order valence-electron chi connectivity index (χ0n) is 12.3. The predicted molar refractivity (Wildman–Crippen MR) is 96.0 cm³/mol. The van der Waals surface area contributed by atoms with Crippen LogP contribution in [0.15, 0.2) is 26.9 Å². The van der Waals surface area contributed by atoms with E-state index in [-0.39, 0.29) is 5.91 Å². The van der Waals surface area contributed by atoms with Crippen molar-refractivity contribution < 1.29 is 4.79 Å². The van der Waals surface area contributed by atoms with Crippen LogP contribution in [0.2, 0.25) is 4.34 Å². The van der Waals surface area contributed by atoms with Gasteiger partial charge in [-0.25, -0.2) is 4.98 Å². The number of piperidine rings is 3. The van der Waals surface area contributed by atoms with Gasteiger partial charge in [0.25, 0.3) is 5.91 Å². The van der Waals surface area contributed by atoms with Crippen LogP contribution in [0.25, 0.3) is 0 Å². The van der Waals surface area contributed by atoms with Gasteiger partial charge >= 0.3 is 0 Å². The first-order valence-corrected chi connectivity index (χ1v) is 10.4. The summed E-state index contributed by atoms with van der Waals surface area (Å²) >= 11 is 10.4. The molecule has 0 saturated carbocycles. The maximum atomic E-state index is 12.5. The summed E-state index contributed by atoms with van der Waals surface area (Å²) in [6.45, 7) is 3.38. The van der Waals surface area contributed by atoms with Crippen LogP contribution in [0.4, 0.5) is 0 Å². The van der Waals surface area contributed by atoms with Crippen LogP contribution < -0.4 is 5.32 Å². The van der Waals surface area contributed by atoms with Gasteiger partial charge in [0.15, 0.2) is 4.34 Å². The molecule has 8 heteroatoms. The molecule has 3 fully saturated rings. The lowest BCUT2D eigenvalue weighted by Crippen LogP contribution is -2.57. The molecule has 1 N–H and O–H groups in total. The van der Waals surface area contributed by atoms with Gasteiger partial charge in [-0.15, -0.1) is 11.3 Å². The number of amides is 1. The zero-order chi connectivity index (χ0) is 15.8. The van der Waals surface area contributed by atoms with E-state index < -0.39 is 0 Å². The van der Waals surface area contributed by atoms with Gasteiger partial charge in [0, 0.05) is 12.6 Å². The molecule has 2 aromatic heterocycles. The van der Waals surface area contributed by atoms with E-state index in [4.69, 9.17) is 11.6 Å². The summed E-state index contributed by atoms with van der Waals surface area (Å²) < 4.78 is 2.65. The number of fused-ring (bicyclic) bond motifs is 3. The number of hydrogen-bond donors (Lipinski definition) is 1. The van der Waals surface area contributed by atoms with E-state index in [9.17, 15) is 4.79 Å². The molecule has 5 heterocycles. The van der Waals surface area contributed by atoms with Crippen molar-refractivity contribution in [2.45, 2.75) is 27.4 Å². The number of hydrogen-bond acceptors (Lipinski definition) is 6. The Hall–Kier alpha value is -0.600. The first-order valence-electron chi connectivity index (χ1n) is 7.59. The van der Waals surface area contributed by atoms with Crippen molar-refractivity contribution in [3.63, 3.8) is 0 Å². The monoisotopic (exact) mass is 385 g/mol. The SMILES string of the molecule is O=C(NC1CN2CCC1CC2)c1ccc(Sc2ncc(Cl)s2)s1. The van der Waals surface area contributed by atoms with Crippen molar-refractivity contribution >= 4 is 51.9 Å². The molecule has 23 heavy (non-hydrogen) atoms. The summed E-state index contributed by atoms with van der Waals surface area (Å²) in [5.41, 5.74) is 0. The van der Waals surface area contributed by atoms with Crippen LogP contribution in [0, 0.1) is 5.92 Å². The fraction of sp³-hybridized carbons (Fsp3) is 0.467.